The van der Waals surface area contributed by atoms with E-state index in [1.165, 1.54) is 0 Å². The first-order chi connectivity index (χ1) is 8.58. The van der Waals surface area contributed by atoms with Crippen molar-refractivity contribution >= 4 is 33.4 Å². The minimum absolute atomic E-state index is 0.0880. The molecule has 0 radical (unpaired) electrons. The zero-order valence-corrected chi connectivity index (χ0v) is 12.0. The molecule has 1 heterocycles. The van der Waals surface area contributed by atoms with Crippen LogP contribution < -0.4 is 0 Å². The molecule has 2 aromatic rings. The first-order valence-corrected chi connectivity index (χ1v) is 6.48. The molecule has 1 amide bonds. The third-order valence-corrected chi connectivity index (χ3v) is 3.37. The van der Waals surface area contributed by atoms with Gasteiger partial charge >= 0.3 is 0 Å². The Kier molecular flexibility index (Phi) is 4.09. The molecule has 18 heavy (non-hydrogen) atoms. The summed E-state index contributed by atoms with van der Waals surface area (Å²) in [6, 6.07) is 8.73. The van der Waals surface area contributed by atoms with Gasteiger partial charge in [-0.05, 0) is 46.3 Å². The predicted molar refractivity (Wildman–Crippen MR) is 73.7 cm³/mol. The van der Waals surface area contributed by atoms with Crippen LogP contribution in [-0.2, 0) is 6.54 Å². The lowest BCUT2D eigenvalue weighted by atomic mass is 10.2. The molecule has 1 aromatic carbocycles. The maximum Gasteiger partial charge on any atom is 0.255 e. The van der Waals surface area contributed by atoms with Crippen LogP contribution in [0.5, 0.6) is 0 Å². The second kappa shape index (κ2) is 5.59. The van der Waals surface area contributed by atoms with Crippen LogP contribution in [0.3, 0.4) is 0 Å². The normalized spacial score (nSPS) is 10.4. The number of halogens is 2. The Hall–Kier alpha value is -1.26. The summed E-state index contributed by atoms with van der Waals surface area (Å²) >= 11 is 9.18. The number of furan rings is 1. The predicted octanol–water partition coefficient (Wildman–Crippen LogP) is 3.97. The van der Waals surface area contributed by atoms with Crippen molar-refractivity contribution in [3.63, 3.8) is 0 Å². The molecule has 0 N–H and O–H groups in total. The van der Waals surface area contributed by atoms with Crippen molar-refractivity contribution in [3.05, 3.63) is 57.4 Å². The Morgan fingerprint density at radius 2 is 2.22 bits per heavy atom. The van der Waals surface area contributed by atoms with Crippen LogP contribution in [0.2, 0.25) is 5.02 Å². The Morgan fingerprint density at radius 3 is 2.83 bits per heavy atom. The van der Waals surface area contributed by atoms with Crippen molar-refractivity contribution in [1.82, 2.24) is 4.90 Å². The summed E-state index contributed by atoms with van der Waals surface area (Å²) in [6.45, 7) is 0.431. The van der Waals surface area contributed by atoms with Crippen LogP contribution in [0.25, 0.3) is 0 Å². The van der Waals surface area contributed by atoms with Crippen LogP contribution in [0.1, 0.15) is 16.1 Å². The number of carbonyl (C=O) groups is 1. The lowest BCUT2D eigenvalue weighted by Crippen LogP contribution is -2.26. The molecule has 0 aliphatic rings. The molecule has 5 heteroatoms. The summed E-state index contributed by atoms with van der Waals surface area (Å²) < 4.78 is 5.90. The monoisotopic (exact) mass is 327 g/mol. The van der Waals surface area contributed by atoms with E-state index in [4.69, 9.17) is 16.0 Å². The van der Waals surface area contributed by atoms with E-state index in [0.29, 0.717) is 21.6 Å². The fourth-order valence-corrected chi connectivity index (χ4v) is 2.43. The van der Waals surface area contributed by atoms with Gasteiger partial charge in [-0.3, -0.25) is 4.79 Å². The average molecular weight is 329 g/mol. The molecule has 0 fully saturated rings. The van der Waals surface area contributed by atoms with E-state index < -0.39 is 0 Å². The number of carbonyl (C=O) groups excluding carboxylic acids is 1. The minimum Gasteiger partial charge on any atom is -0.467 e. The molecule has 0 spiro atoms. The second-order valence-electron chi connectivity index (χ2n) is 3.86. The van der Waals surface area contributed by atoms with Gasteiger partial charge in [0.15, 0.2) is 0 Å². The Balaban J connectivity index is 2.15. The molecule has 0 saturated heterocycles. The molecule has 3 nitrogen and oxygen atoms in total. The van der Waals surface area contributed by atoms with E-state index in [2.05, 4.69) is 15.9 Å². The van der Waals surface area contributed by atoms with Gasteiger partial charge in [0.05, 0.1) is 18.4 Å². The van der Waals surface area contributed by atoms with Crippen molar-refractivity contribution in [2.75, 3.05) is 7.05 Å². The maximum absolute atomic E-state index is 12.2. The number of hydrogen-bond donors (Lipinski definition) is 0. The Morgan fingerprint density at radius 1 is 1.44 bits per heavy atom. The quantitative estimate of drug-likeness (QED) is 0.854. The number of amides is 1. The highest BCUT2D eigenvalue weighted by atomic mass is 79.9. The van der Waals surface area contributed by atoms with Crippen LogP contribution in [0, 0.1) is 0 Å². The third kappa shape index (κ3) is 2.94. The minimum atomic E-state index is -0.0880. The number of hydrogen-bond acceptors (Lipinski definition) is 2. The van der Waals surface area contributed by atoms with Crippen LogP contribution in [0.15, 0.2) is 45.5 Å². The average Bonchev–Trinajstić information content (AvgIpc) is 2.81. The standard InChI is InChI=1S/C13H11BrClNO2/c1-16(8-10-3-2-6-18-10)13(17)11-5-4-9(15)7-12(11)14/h2-7H,8H2,1H3. The van der Waals surface area contributed by atoms with Gasteiger partial charge in [-0.2, -0.15) is 0 Å². The summed E-state index contributed by atoms with van der Waals surface area (Å²) in [4.78, 5) is 13.8. The number of rotatable bonds is 3. The van der Waals surface area contributed by atoms with Crippen molar-refractivity contribution < 1.29 is 9.21 Å². The zero-order chi connectivity index (χ0) is 13.1. The van der Waals surface area contributed by atoms with Gasteiger partial charge in [-0.1, -0.05) is 11.6 Å². The molecule has 0 aliphatic carbocycles. The summed E-state index contributed by atoms with van der Waals surface area (Å²) in [5.74, 6) is 0.658. The summed E-state index contributed by atoms with van der Waals surface area (Å²) in [5, 5.41) is 0.590. The lowest BCUT2D eigenvalue weighted by Gasteiger charge is -2.16. The first kappa shape index (κ1) is 13.2. The zero-order valence-electron chi connectivity index (χ0n) is 9.69. The lowest BCUT2D eigenvalue weighted by molar-refractivity contribution is 0.0774. The van der Waals surface area contributed by atoms with Crippen LogP contribution in [-0.4, -0.2) is 17.9 Å². The first-order valence-electron chi connectivity index (χ1n) is 5.31. The molecule has 0 aliphatic heterocycles. The van der Waals surface area contributed by atoms with Gasteiger partial charge in [0.25, 0.3) is 5.91 Å². The Labute approximate surface area is 118 Å². The topological polar surface area (TPSA) is 33.5 Å². The van der Waals surface area contributed by atoms with Crippen molar-refractivity contribution in [1.29, 1.82) is 0 Å². The second-order valence-corrected chi connectivity index (χ2v) is 5.16. The van der Waals surface area contributed by atoms with E-state index in [1.807, 2.05) is 6.07 Å². The van der Waals surface area contributed by atoms with Gasteiger partial charge in [0.1, 0.15) is 5.76 Å². The molecular weight excluding hydrogens is 318 g/mol. The highest BCUT2D eigenvalue weighted by molar-refractivity contribution is 9.10. The van der Waals surface area contributed by atoms with E-state index in [9.17, 15) is 4.79 Å². The number of nitrogens with zero attached hydrogens (tertiary/aromatic N) is 1. The largest absolute Gasteiger partial charge is 0.467 e. The van der Waals surface area contributed by atoms with Crippen LogP contribution in [0.4, 0.5) is 0 Å². The summed E-state index contributed by atoms with van der Waals surface area (Å²) in [5.41, 5.74) is 0.577. The summed E-state index contributed by atoms with van der Waals surface area (Å²) in [6.07, 6.45) is 1.59. The van der Waals surface area contributed by atoms with Crippen molar-refractivity contribution in [3.8, 4) is 0 Å². The fourth-order valence-electron chi connectivity index (χ4n) is 1.58. The van der Waals surface area contributed by atoms with E-state index in [1.54, 1.807) is 42.5 Å². The highest BCUT2D eigenvalue weighted by Gasteiger charge is 2.16. The van der Waals surface area contributed by atoms with Crippen LogP contribution >= 0.6 is 27.5 Å². The summed E-state index contributed by atoms with van der Waals surface area (Å²) in [7, 11) is 1.73. The van der Waals surface area contributed by atoms with Gasteiger partial charge in [-0.25, -0.2) is 0 Å². The van der Waals surface area contributed by atoms with Crippen molar-refractivity contribution in [2.24, 2.45) is 0 Å². The highest BCUT2D eigenvalue weighted by Crippen LogP contribution is 2.23. The molecule has 0 bridgehead atoms. The molecule has 0 saturated carbocycles. The fraction of sp³-hybridized carbons (Fsp3) is 0.154. The third-order valence-electron chi connectivity index (χ3n) is 2.48. The van der Waals surface area contributed by atoms with E-state index >= 15 is 0 Å². The molecule has 0 atom stereocenters. The van der Waals surface area contributed by atoms with Gasteiger partial charge in [0, 0.05) is 16.5 Å². The molecule has 94 valence electrons. The van der Waals surface area contributed by atoms with Gasteiger partial charge < -0.3 is 9.32 Å². The smallest absolute Gasteiger partial charge is 0.255 e. The van der Waals surface area contributed by atoms with Crippen molar-refractivity contribution in [2.45, 2.75) is 6.54 Å². The van der Waals surface area contributed by atoms with Gasteiger partial charge in [0.2, 0.25) is 0 Å². The molecule has 1 aromatic heterocycles. The molecule has 0 unspecified atom stereocenters. The maximum atomic E-state index is 12.2. The SMILES string of the molecule is CN(Cc1ccco1)C(=O)c1ccc(Cl)cc1Br. The van der Waals surface area contributed by atoms with Gasteiger partial charge in [-0.15, -0.1) is 0 Å². The Bertz CT molecular complexity index is 554. The number of benzene rings is 1. The molecular formula is C13H11BrClNO2. The van der Waals surface area contributed by atoms with E-state index in [-0.39, 0.29) is 5.91 Å². The molecule has 2 rings (SSSR count). The van der Waals surface area contributed by atoms with E-state index in [0.717, 1.165) is 5.76 Å².